The summed E-state index contributed by atoms with van der Waals surface area (Å²) in [5, 5.41) is 5.85. The molecule has 4 rings (SSSR count). The topological polar surface area (TPSA) is 88.2 Å². The van der Waals surface area contributed by atoms with Crippen LogP contribution in [0, 0.1) is 0 Å². The van der Waals surface area contributed by atoms with Crippen molar-refractivity contribution in [3.05, 3.63) is 60.0 Å². The number of aromatic nitrogens is 1. The van der Waals surface area contributed by atoms with Gasteiger partial charge in [0.15, 0.2) is 5.13 Å². The number of nitrogens with zero attached hydrogens (tertiary/aromatic N) is 1. The molecular weight excluding hydrogens is 414 g/mol. The number of sulfonamides is 1. The summed E-state index contributed by atoms with van der Waals surface area (Å²) in [6.07, 6.45) is 0. The van der Waals surface area contributed by atoms with Crippen LogP contribution in [0.5, 0.6) is 0 Å². The first-order chi connectivity index (χ1) is 13.4. The van der Waals surface area contributed by atoms with Gasteiger partial charge < -0.3 is 5.32 Å². The molecule has 0 aliphatic heterocycles. The molecule has 6 nitrogen and oxygen atoms in total. The zero-order chi connectivity index (χ0) is 19.7. The Morgan fingerprint density at radius 1 is 1.07 bits per heavy atom. The Hall–Kier alpha value is -2.75. The Kier molecular flexibility index (Phi) is 4.88. The Morgan fingerprint density at radius 3 is 2.68 bits per heavy atom. The summed E-state index contributed by atoms with van der Waals surface area (Å²) >= 11 is 2.54. The number of carbonyl (C=O) groups excluding carboxylic acids is 1. The molecule has 0 spiro atoms. The summed E-state index contributed by atoms with van der Waals surface area (Å²) in [6, 6.07) is 16.2. The summed E-state index contributed by atoms with van der Waals surface area (Å²) in [5.74, 6) is -0.189. The highest BCUT2D eigenvalue weighted by Gasteiger charge is 2.18. The van der Waals surface area contributed by atoms with Crippen LogP contribution in [0.2, 0.25) is 0 Å². The van der Waals surface area contributed by atoms with Gasteiger partial charge in [-0.1, -0.05) is 30.3 Å². The number of thiophene rings is 1. The fourth-order valence-corrected chi connectivity index (χ4v) is 5.86. The molecule has 2 heterocycles. The molecule has 2 aromatic heterocycles. The lowest BCUT2D eigenvalue weighted by atomic mass is 10.1. The van der Waals surface area contributed by atoms with Crippen molar-refractivity contribution in [2.24, 2.45) is 0 Å². The van der Waals surface area contributed by atoms with Gasteiger partial charge in [0.25, 0.3) is 10.0 Å². The molecule has 9 heteroatoms. The average Bonchev–Trinajstić information content (AvgIpc) is 3.28. The van der Waals surface area contributed by atoms with Gasteiger partial charge in [-0.3, -0.25) is 9.52 Å². The lowest BCUT2D eigenvalue weighted by Crippen LogP contribution is -2.11. The Bertz CT molecular complexity index is 1240. The number of thiazole rings is 1. The van der Waals surface area contributed by atoms with Crippen molar-refractivity contribution < 1.29 is 13.2 Å². The molecule has 4 aromatic rings. The zero-order valence-electron chi connectivity index (χ0n) is 14.7. The van der Waals surface area contributed by atoms with Crippen LogP contribution in [0.25, 0.3) is 21.3 Å². The Morgan fingerprint density at radius 2 is 1.89 bits per heavy atom. The number of hydrogen-bond donors (Lipinski definition) is 2. The molecule has 0 bridgehead atoms. The number of hydrogen-bond acceptors (Lipinski definition) is 6. The first kappa shape index (κ1) is 18.6. The van der Waals surface area contributed by atoms with Crippen molar-refractivity contribution in [3.8, 4) is 11.3 Å². The minimum absolute atomic E-state index is 0.189. The van der Waals surface area contributed by atoms with E-state index in [1.54, 1.807) is 24.3 Å². The highest BCUT2D eigenvalue weighted by atomic mass is 32.2. The van der Waals surface area contributed by atoms with E-state index in [0.29, 0.717) is 16.5 Å². The third-order valence-electron chi connectivity index (χ3n) is 3.87. The predicted octanol–water partition coefficient (Wildman–Crippen LogP) is 4.78. The largest absolute Gasteiger partial charge is 0.302 e. The third-order valence-corrected chi connectivity index (χ3v) is 7.59. The van der Waals surface area contributed by atoms with Gasteiger partial charge in [-0.2, -0.15) is 0 Å². The maximum Gasteiger partial charge on any atom is 0.271 e. The maximum absolute atomic E-state index is 12.8. The highest BCUT2D eigenvalue weighted by molar-refractivity contribution is 7.94. The molecule has 0 unspecified atom stereocenters. The minimum Gasteiger partial charge on any atom is -0.302 e. The molecule has 28 heavy (non-hydrogen) atoms. The van der Waals surface area contributed by atoms with Crippen LogP contribution in [-0.2, 0) is 14.8 Å². The normalized spacial score (nSPS) is 11.5. The van der Waals surface area contributed by atoms with Gasteiger partial charge in [0.05, 0.1) is 5.69 Å². The van der Waals surface area contributed by atoms with E-state index in [2.05, 4.69) is 15.0 Å². The number of fused-ring (bicyclic) bond motifs is 1. The molecular formula is C19H15N3O3S3. The van der Waals surface area contributed by atoms with Gasteiger partial charge in [-0.25, -0.2) is 13.4 Å². The van der Waals surface area contributed by atoms with Crippen LogP contribution < -0.4 is 10.0 Å². The fourth-order valence-electron chi connectivity index (χ4n) is 2.65. The number of carbonyl (C=O) groups is 1. The summed E-state index contributed by atoms with van der Waals surface area (Å²) in [5.41, 5.74) is 1.87. The summed E-state index contributed by atoms with van der Waals surface area (Å²) in [7, 11) is -3.69. The summed E-state index contributed by atoms with van der Waals surface area (Å²) < 4.78 is 29.4. The van der Waals surface area contributed by atoms with Crippen molar-refractivity contribution in [2.45, 2.75) is 11.1 Å². The van der Waals surface area contributed by atoms with Crippen LogP contribution in [0.1, 0.15) is 6.92 Å². The van der Waals surface area contributed by atoms with Crippen molar-refractivity contribution in [2.75, 3.05) is 10.0 Å². The van der Waals surface area contributed by atoms with Gasteiger partial charge in [0.1, 0.15) is 4.21 Å². The first-order valence-corrected chi connectivity index (χ1v) is 11.4. The molecule has 2 aromatic carbocycles. The van der Waals surface area contributed by atoms with E-state index in [4.69, 9.17) is 0 Å². The lowest BCUT2D eigenvalue weighted by Gasteiger charge is -2.07. The van der Waals surface area contributed by atoms with Crippen LogP contribution >= 0.6 is 22.7 Å². The smallest absolute Gasteiger partial charge is 0.271 e. The van der Waals surface area contributed by atoms with Crippen LogP contribution in [0.15, 0.2) is 64.2 Å². The van der Waals surface area contributed by atoms with E-state index in [1.807, 2.05) is 35.7 Å². The molecule has 1 amide bonds. The molecule has 0 saturated carbocycles. The third kappa shape index (κ3) is 3.91. The van der Waals surface area contributed by atoms with Gasteiger partial charge in [0, 0.05) is 28.3 Å². The predicted molar refractivity (Wildman–Crippen MR) is 114 cm³/mol. The van der Waals surface area contributed by atoms with E-state index < -0.39 is 10.0 Å². The van der Waals surface area contributed by atoms with Gasteiger partial charge >= 0.3 is 0 Å². The standard InChI is InChI=1S/C19H15N3O3S3/c1-12(23)20-19-21-16(11-26-19)13-6-4-7-15(9-13)22-28(24,25)18-10-14-5-2-3-8-17(14)27-18/h2-11,22H,1H3,(H,20,21,23). The number of rotatable bonds is 5. The van der Waals surface area contributed by atoms with Crippen molar-refractivity contribution >= 4 is 59.5 Å². The van der Waals surface area contributed by atoms with Gasteiger partial charge in [-0.15, -0.1) is 22.7 Å². The van der Waals surface area contributed by atoms with Gasteiger partial charge in [-0.05, 0) is 29.7 Å². The van der Waals surface area contributed by atoms with E-state index in [9.17, 15) is 13.2 Å². The molecule has 0 aliphatic carbocycles. The molecule has 0 fully saturated rings. The summed E-state index contributed by atoms with van der Waals surface area (Å²) in [6.45, 7) is 1.42. The van der Waals surface area contributed by atoms with Crippen LogP contribution in [-0.4, -0.2) is 19.3 Å². The monoisotopic (exact) mass is 429 g/mol. The fraction of sp³-hybridized carbons (Fsp3) is 0.0526. The second-order valence-electron chi connectivity index (χ2n) is 6.01. The number of anilines is 2. The number of amides is 1. The van der Waals surface area contributed by atoms with E-state index in [0.717, 1.165) is 15.6 Å². The molecule has 0 radical (unpaired) electrons. The second kappa shape index (κ2) is 7.34. The quantitative estimate of drug-likeness (QED) is 0.478. The SMILES string of the molecule is CC(=O)Nc1nc(-c2cccc(NS(=O)(=O)c3cc4ccccc4s3)c2)cs1. The lowest BCUT2D eigenvalue weighted by molar-refractivity contribution is -0.114. The number of benzene rings is 2. The molecule has 2 N–H and O–H groups in total. The Labute approximate surface area is 169 Å². The van der Waals surface area contributed by atoms with E-state index in [-0.39, 0.29) is 10.1 Å². The minimum atomic E-state index is -3.69. The van der Waals surface area contributed by atoms with Crippen molar-refractivity contribution in [3.63, 3.8) is 0 Å². The van der Waals surface area contributed by atoms with Crippen LogP contribution in [0.4, 0.5) is 10.8 Å². The second-order valence-corrected chi connectivity index (χ2v) is 9.86. The Balaban J connectivity index is 1.60. The van der Waals surface area contributed by atoms with Crippen molar-refractivity contribution in [1.29, 1.82) is 0 Å². The molecule has 0 saturated heterocycles. The maximum atomic E-state index is 12.8. The van der Waals surface area contributed by atoms with Gasteiger partial charge in [0.2, 0.25) is 5.91 Å². The highest BCUT2D eigenvalue weighted by Crippen LogP contribution is 2.31. The average molecular weight is 430 g/mol. The molecule has 0 aliphatic rings. The van der Waals surface area contributed by atoms with E-state index in [1.165, 1.54) is 29.6 Å². The molecule has 142 valence electrons. The van der Waals surface area contributed by atoms with Crippen molar-refractivity contribution in [1.82, 2.24) is 4.98 Å². The zero-order valence-corrected chi connectivity index (χ0v) is 17.1. The number of nitrogens with one attached hydrogen (secondary N) is 2. The molecule has 0 atom stereocenters. The summed E-state index contributed by atoms with van der Waals surface area (Å²) in [4.78, 5) is 15.5. The van der Waals surface area contributed by atoms with E-state index >= 15 is 0 Å². The van der Waals surface area contributed by atoms with Crippen LogP contribution in [0.3, 0.4) is 0 Å². The first-order valence-electron chi connectivity index (χ1n) is 8.26.